The summed E-state index contributed by atoms with van der Waals surface area (Å²) in [4.78, 5) is 11.0. The highest BCUT2D eigenvalue weighted by Gasteiger charge is 2.28. The fourth-order valence-corrected chi connectivity index (χ4v) is 1.70. The van der Waals surface area contributed by atoms with Gasteiger partial charge in [0.05, 0.1) is 6.10 Å². The molecule has 0 spiro atoms. The molecule has 0 radical (unpaired) electrons. The number of hydrogen-bond donors (Lipinski definition) is 2. The fourth-order valence-electron chi connectivity index (χ4n) is 1.70. The van der Waals surface area contributed by atoms with Gasteiger partial charge in [-0.2, -0.15) is 13.2 Å². The summed E-state index contributed by atoms with van der Waals surface area (Å²) in [6.07, 6.45) is -1.27. The van der Waals surface area contributed by atoms with Crippen molar-refractivity contribution in [1.82, 2.24) is 5.32 Å². The van der Waals surface area contributed by atoms with E-state index in [0.29, 0.717) is 0 Å². The molecule has 0 aromatic heterocycles. The first-order chi connectivity index (χ1) is 7.87. The molecular weight excluding hydrogens is 237 g/mol. The van der Waals surface area contributed by atoms with Crippen molar-refractivity contribution < 1.29 is 22.7 Å². The van der Waals surface area contributed by atoms with E-state index in [1.54, 1.807) is 5.32 Å². The summed E-state index contributed by atoms with van der Waals surface area (Å²) in [6.45, 7) is -1.64. The summed E-state index contributed by atoms with van der Waals surface area (Å²) in [6, 6.07) is 0.175. The van der Waals surface area contributed by atoms with Gasteiger partial charge in [-0.3, -0.25) is 4.79 Å². The van der Waals surface area contributed by atoms with Crippen LogP contribution < -0.4 is 11.1 Å². The first-order valence-corrected chi connectivity index (χ1v) is 5.57. The summed E-state index contributed by atoms with van der Waals surface area (Å²) >= 11 is 0. The number of nitrogens with two attached hydrogens (primary N) is 1. The van der Waals surface area contributed by atoms with E-state index in [1.165, 1.54) is 0 Å². The summed E-state index contributed by atoms with van der Waals surface area (Å²) in [5, 5.41) is 1.76. The van der Waals surface area contributed by atoms with Crippen molar-refractivity contribution in [3.05, 3.63) is 0 Å². The van der Waals surface area contributed by atoms with E-state index >= 15 is 0 Å². The van der Waals surface area contributed by atoms with Gasteiger partial charge >= 0.3 is 6.18 Å². The number of halogens is 3. The SMILES string of the molecule is NC1CCC(OCC(=O)NCC(F)(F)F)CC1. The van der Waals surface area contributed by atoms with Gasteiger partial charge < -0.3 is 15.8 Å². The summed E-state index contributed by atoms with van der Waals surface area (Å²) in [5.41, 5.74) is 5.69. The fraction of sp³-hybridized carbons (Fsp3) is 0.900. The van der Waals surface area contributed by atoms with Crippen molar-refractivity contribution in [3.63, 3.8) is 0 Å². The molecule has 0 aromatic carbocycles. The Morgan fingerprint density at radius 3 is 2.41 bits per heavy atom. The minimum Gasteiger partial charge on any atom is -0.368 e. The Kier molecular flexibility index (Phi) is 5.20. The monoisotopic (exact) mass is 254 g/mol. The van der Waals surface area contributed by atoms with Crippen molar-refractivity contribution in [2.45, 2.75) is 44.0 Å². The van der Waals surface area contributed by atoms with Crippen molar-refractivity contribution in [3.8, 4) is 0 Å². The third-order valence-corrected chi connectivity index (χ3v) is 2.65. The first-order valence-electron chi connectivity index (χ1n) is 5.57. The normalized spacial score (nSPS) is 25.6. The highest BCUT2D eigenvalue weighted by molar-refractivity contribution is 5.77. The molecule has 4 nitrogen and oxygen atoms in total. The van der Waals surface area contributed by atoms with Crippen LogP contribution in [0.3, 0.4) is 0 Å². The van der Waals surface area contributed by atoms with E-state index in [-0.39, 0.29) is 18.8 Å². The molecule has 1 saturated carbocycles. The lowest BCUT2D eigenvalue weighted by molar-refractivity contribution is -0.142. The van der Waals surface area contributed by atoms with Gasteiger partial charge in [0.1, 0.15) is 13.2 Å². The van der Waals surface area contributed by atoms with Crippen LogP contribution >= 0.6 is 0 Å². The Morgan fingerprint density at radius 1 is 1.29 bits per heavy atom. The van der Waals surface area contributed by atoms with Gasteiger partial charge in [-0.25, -0.2) is 0 Å². The number of carbonyl (C=O) groups is 1. The third-order valence-electron chi connectivity index (χ3n) is 2.65. The van der Waals surface area contributed by atoms with Crippen molar-refractivity contribution in [2.24, 2.45) is 5.73 Å². The summed E-state index contributed by atoms with van der Waals surface area (Å²) < 4.78 is 40.6. The quantitative estimate of drug-likeness (QED) is 0.785. The molecule has 7 heteroatoms. The molecule has 0 heterocycles. The summed E-state index contributed by atoms with van der Waals surface area (Å²) in [7, 11) is 0. The molecule has 100 valence electrons. The molecule has 0 aliphatic heterocycles. The second kappa shape index (κ2) is 6.20. The molecule has 0 bridgehead atoms. The van der Waals surface area contributed by atoms with Gasteiger partial charge in [-0.05, 0) is 25.7 Å². The number of rotatable bonds is 4. The third kappa shape index (κ3) is 6.48. The van der Waals surface area contributed by atoms with Crippen LogP contribution in [0.15, 0.2) is 0 Å². The zero-order chi connectivity index (χ0) is 12.9. The zero-order valence-electron chi connectivity index (χ0n) is 9.43. The molecule has 1 fully saturated rings. The second-order valence-corrected chi connectivity index (χ2v) is 4.24. The Labute approximate surface area is 97.7 Å². The second-order valence-electron chi connectivity index (χ2n) is 4.24. The maximum atomic E-state index is 11.8. The number of amides is 1. The highest BCUT2D eigenvalue weighted by atomic mass is 19.4. The Balaban J connectivity index is 2.11. The predicted octanol–water partition coefficient (Wildman–Crippen LogP) is 0.951. The van der Waals surface area contributed by atoms with E-state index in [4.69, 9.17) is 10.5 Å². The van der Waals surface area contributed by atoms with Gasteiger partial charge in [0.25, 0.3) is 0 Å². The lowest BCUT2D eigenvalue weighted by Crippen LogP contribution is -2.37. The van der Waals surface area contributed by atoms with E-state index in [2.05, 4.69) is 0 Å². The molecule has 1 aliphatic carbocycles. The maximum absolute atomic E-state index is 11.8. The number of nitrogens with one attached hydrogen (secondary N) is 1. The topological polar surface area (TPSA) is 64.3 Å². The molecular formula is C10H17F3N2O2. The molecule has 1 amide bonds. The van der Waals surface area contributed by atoms with Crippen LogP contribution in [-0.4, -0.2) is 37.4 Å². The Hall–Kier alpha value is -0.820. The van der Waals surface area contributed by atoms with Gasteiger partial charge in [-0.1, -0.05) is 0 Å². The van der Waals surface area contributed by atoms with Gasteiger partial charge in [0.15, 0.2) is 0 Å². The van der Waals surface area contributed by atoms with Crippen LogP contribution in [0.25, 0.3) is 0 Å². The van der Waals surface area contributed by atoms with Crippen LogP contribution in [0, 0.1) is 0 Å². The smallest absolute Gasteiger partial charge is 0.368 e. The molecule has 3 N–H and O–H groups in total. The van der Waals surface area contributed by atoms with Gasteiger partial charge in [0.2, 0.25) is 5.91 Å². The largest absolute Gasteiger partial charge is 0.405 e. The molecule has 1 rings (SSSR count). The van der Waals surface area contributed by atoms with Crippen molar-refractivity contribution >= 4 is 5.91 Å². The molecule has 0 saturated heterocycles. The van der Waals surface area contributed by atoms with Crippen LogP contribution in [0.2, 0.25) is 0 Å². The van der Waals surface area contributed by atoms with Crippen molar-refractivity contribution in [1.29, 1.82) is 0 Å². The maximum Gasteiger partial charge on any atom is 0.405 e. The van der Waals surface area contributed by atoms with Gasteiger partial charge in [0, 0.05) is 6.04 Å². The van der Waals surface area contributed by atoms with Crippen LogP contribution in [0.5, 0.6) is 0 Å². The molecule has 17 heavy (non-hydrogen) atoms. The minimum atomic E-state index is -4.38. The predicted molar refractivity (Wildman–Crippen MR) is 55.2 cm³/mol. The number of ether oxygens (including phenoxy) is 1. The lowest BCUT2D eigenvalue weighted by atomic mass is 9.94. The van der Waals surface area contributed by atoms with E-state index < -0.39 is 18.6 Å². The first kappa shape index (κ1) is 14.2. The molecule has 0 unspecified atom stereocenters. The van der Waals surface area contributed by atoms with Crippen LogP contribution in [0.1, 0.15) is 25.7 Å². The van der Waals surface area contributed by atoms with Crippen LogP contribution in [-0.2, 0) is 9.53 Å². The van der Waals surface area contributed by atoms with E-state index in [9.17, 15) is 18.0 Å². The average Bonchev–Trinajstić information content (AvgIpc) is 2.25. The lowest BCUT2D eigenvalue weighted by Gasteiger charge is -2.25. The number of alkyl halides is 3. The molecule has 0 atom stereocenters. The zero-order valence-corrected chi connectivity index (χ0v) is 9.43. The van der Waals surface area contributed by atoms with Gasteiger partial charge in [-0.15, -0.1) is 0 Å². The number of hydrogen-bond acceptors (Lipinski definition) is 3. The van der Waals surface area contributed by atoms with E-state index in [1.807, 2.05) is 0 Å². The van der Waals surface area contributed by atoms with Crippen LogP contribution in [0.4, 0.5) is 13.2 Å². The summed E-state index contributed by atoms with van der Waals surface area (Å²) in [5.74, 6) is -0.739. The Bertz CT molecular complexity index is 250. The highest BCUT2D eigenvalue weighted by Crippen LogP contribution is 2.19. The Morgan fingerprint density at radius 2 is 1.88 bits per heavy atom. The number of carbonyl (C=O) groups excluding carboxylic acids is 1. The van der Waals surface area contributed by atoms with E-state index in [0.717, 1.165) is 25.7 Å². The molecule has 1 aliphatic rings. The van der Waals surface area contributed by atoms with Crippen molar-refractivity contribution in [2.75, 3.05) is 13.2 Å². The minimum absolute atomic E-state index is 0.0635. The standard InChI is InChI=1S/C10H17F3N2O2/c11-10(12,13)6-15-9(16)5-17-8-3-1-7(14)2-4-8/h7-8H,1-6,14H2,(H,15,16). The average molecular weight is 254 g/mol. The molecule has 0 aromatic rings.